The molecule has 0 aliphatic heterocycles. The maximum Gasteiger partial charge on any atom is 0.407 e. The SMILES string of the molecule is CSC1(CNCCNC(=O)OC(C)(C)C)CCCC1. The van der Waals surface area contributed by atoms with Gasteiger partial charge in [0.15, 0.2) is 0 Å². The van der Waals surface area contributed by atoms with Crippen LogP contribution in [0.4, 0.5) is 4.79 Å². The summed E-state index contributed by atoms with van der Waals surface area (Å²) < 4.78 is 5.60. The lowest BCUT2D eigenvalue weighted by molar-refractivity contribution is 0.0528. The van der Waals surface area contributed by atoms with E-state index < -0.39 is 5.60 Å². The molecule has 1 rings (SSSR count). The summed E-state index contributed by atoms with van der Waals surface area (Å²) in [5, 5.41) is 6.21. The molecule has 1 aliphatic rings. The number of nitrogens with one attached hydrogen (secondary N) is 2. The van der Waals surface area contributed by atoms with Gasteiger partial charge in [-0.15, -0.1) is 0 Å². The lowest BCUT2D eigenvalue weighted by Crippen LogP contribution is -2.40. The molecule has 1 aliphatic carbocycles. The van der Waals surface area contributed by atoms with Crippen molar-refractivity contribution in [1.29, 1.82) is 0 Å². The minimum Gasteiger partial charge on any atom is -0.444 e. The molecule has 0 aromatic heterocycles. The van der Waals surface area contributed by atoms with Crippen LogP contribution in [-0.4, -0.2) is 42.3 Å². The van der Waals surface area contributed by atoms with Crippen molar-refractivity contribution in [1.82, 2.24) is 10.6 Å². The zero-order valence-electron chi connectivity index (χ0n) is 12.7. The third kappa shape index (κ3) is 6.52. The van der Waals surface area contributed by atoms with Crippen molar-refractivity contribution in [2.45, 2.75) is 56.8 Å². The van der Waals surface area contributed by atoms with Crippen molar-refractivity contribution in [3.63, 3.8) is 0 Å². The van der Waals surface area contributed by atoms with Crippen LogP contribution in [0.3, 0.4) is 0 Å². The Morgan fingerprint density at radius 1 is 1.26 bits per heavy atom. The van der Waals surface area contributed by atoms with Gasteiger partial charge in [-0.05, 0) is 39.9 Å². The van der Waals surface area contributed by atoms with Crippen molar-refractivity contribution < 1.29 is 9.53 Å². The summed E-state index contributed by atoms with van der Waals surface area (Å²) in [7, 11) is 0. The van der Waals surface area contributed by atoms with Gasteiger partial charge in [-0.3, -0.25) is 0 Å². The maximum atomic E-state index is 11.4. The van der Waals surface area contributed by atoms with E-state index in [1.165, 1.54) is 25.7 Å². The predicted molar refractivity (Wildman–Crippen MR) is 81.8 cm³/mol. The van der Waals surface area contributed by atoms with E-state index in [4.69, 9.17) is 4.74 Å². The van der Waals surface area contributed by atoms with Gasteiger partial charge in [-0.1, -0.05) is 12.8 Å². The van der Waals surface area contributed by atoms with Gasteiger partial charge in [-0.25, -0.2) is 4.79 Å². The van der Waals surface area contributed by atoms with Crippen LogP contribution in [0, 0.1) is 0 Å². The van der Waals surface area contributed by atoms with E-state index in [0.29, 0.717) is 11.3 Å². The Morgan fingerprint density at radius 2 is 1.89 bits per heavy atom. The Morgan fingerprint density at radius 3 is 2.42 bits per heavy atom. The van der Waals surface area contributed by atoms with Crippen LogP contribution in [-0.2, 0) is 4.74 Å². The number of hydrogen-bond donors (Lipinski definition) is 2. The predicted octanol–water partition coefficient (Wildman–Crippen LogP) is 2.78. The molecule has 0 saturated heterocycles. The van der Waals surface area contributed by atoms with Crippen molar-refractivity contribution in [3.8, 4) is 0 Å². The fourth-order valence-electron chi connectivity index (χ4n) is 2.36. The van der Waals surface area contributed by atoms with Gasteiger partial charge in [0.1, 0.15) is 5.60 Å². The second kappa shape index (κ2) is 7.39. The molecule has 0 bridgehead atoms. The van der Waals surface area contributed by atoms with Gasteiger partial charge in [0.25, 0.3) is 0 Å². The first kappa shape index (κ1) is 16.6. The molecule has 5 heteroatoms. The van der Waals surface area contributed by atoms with Crippen LogP contribution in [0.1, 0.15) is 46.5 Å². The number of alkyl carbamates (subject to hydrolysis) is 1. The molecule has 1 fully saturated rings. The third-order valence-electron chi connectivity index (χ3n) is 3.36. The summed E-state index contributed by atoms with van der Waals surface area (Å²) >= 11 is 1.98. The van der Waals surface area contributed by atoms with Gasteiger partial charge in [-0.2, -0.15) is 11.8 Å². The molecule has 0 unspecified atom stereocenters. The molecule has 0 aromatic carbocycles. The van der Waals surface area contributed by atoms with E-state index in [1.54, 1.807) is 0 Å². The molecule has 4 nitrogen and oxygen atoms in total. The van der Waals surface area contributed by atoms with E-state index in [2.05, 4.69) is 16.9 Å². The number of rotatable bonds is 6. The van der Waals surface area contributed by atoms with E-state index in [1.807, 2.05) is 32.5 Å². The molecule has 0 aromatic rings. The Bertz CT molecular complexity index is 284. The van der Waals surface area contributed by atoms with Gasteiger partial charge >= 0.3 is 6.09 Å². The standard InChI is InChI=1S/C14H28N2O2S/c1-13(2,3)18-12(17)16-10-9-15-11-14(19-4)7-5-6-8-14/h15H,5-11H2,1-4H3,(H,16,17). The number of thioether (sulfide) groups is 1. The topological polar surface area (TPSA) is 50.4 Å². The van der Waals surface area contributed by atoms with Crippen molar-refractivity contribution in [3.05, 3.63) is 0 Å². The lowest BCUT2D eigenvalue weighted by Gasteiger charge is -2.27. The molecule has 2 N–H and O–H groups in total. The van der Waals surface area contributed by atoms with E-state index in [-0.39, 0.29) is 6.09 Å². The van der Waals surface area contributed by atoms with E-state index in [9.17, 15) is 4.79 Å². The first-order valence-electron chi connectivity index (χ1n) is 7.10. The third-order valence-corrected chi connectivity index (χ3v) is 4.78. The number of amides is 1. The highest BCUT2D eigenvalue weighted by molar-refractivity contribution is 8.00. The zero-order chi connectivity index (χ0) is 14.4. The molecule has 0 heterocycles. The Balaban J connectivity index is 2.09. The second-order valence-electron chi connectivity index (χ2n) is 6.20. The van der Waals surface area contributed by atoms with Gasteiger partial charge in [0.2, 0.25) is 0 Å². The molecular weight excluding hydrogens is 260 g/mol. The minimum atomic E-state index is -0.426. The first-order valence-corrected chi connectivity index (χ1v) is 8.32. The molecule has 0 radical (unpaired) electrons. The van der Waals surface area contributed by atoms with E-state index in [0.717, 1.165) is 13.1 Å². The number of carbonyl (C=O) groups excluding carboxylic acids is 1. The molecule has 112 valence electrons. The average molecular weight is 288 g/mol. The van der Waals surface area contributed by atoms with Crippen LogP contribution in [0.2, 0.25) is 0 Å². The second-order valence-corrected chi connectivity index (χ2v) is 7.47. The zero-order valence-corrected chi connectivity index (χ0v) is 13.5. The smallest absolute Gasteiger partial charge is 0.407 e. The Labute approximate surface area is 121 Å². The molecule has 1 saturated carbocycles. The monoisotopic (exact) mass is 288 g/mol. The lowest BCUT2D eigenvalue weighted by atomic mass is 10.1. The van der Waals surface area contributed by atoms with Crippen LogP contribution in [0.15, 0.2) is 0 Å². The molecule has 0 atom stereocenters. The van der Waals surface area contributed by atoms with Crippen molar-refractivity contribution in [2.75, 3.05) is 25.9 Å². The number of hydrogen-bond acceptors (Lipinski definition) is 4. The summed E-state index contributed by atoms with van der Waals surface area (Å²) in [6.07, 6.45) is 7.17. The normalized spacial score (nSPS) is 18.3. The Kier molecular flexibility index (Phi) is 6.47. The number of ether oxygens (including phenoxy) is 1. The number of carbonyl (C=O) groups is 1. The van der Waals surface area contributed by atoms with Gasteiger partial charge < -0.3 is 15.4 Å². The van der Waals surface area contributed by atoms with Gasteiger partial charge in [0, 0.05) is 24.4 Å². The van der Waals surface area contributed by atoms with Gasteiger partial charge in [0.05, 0.1) is 0 Å². The molecular formula is C14H28N2O2S. The fourth-order valence-corrected chi connectivity index (χ4v) is 3.30. The summed E-state index contributed by atoms with van der Waals surface area (Å²) in [4.78, 5) is 11.4. The largest absolute Gasteiger partial charge is 0.444 e. The average Bonchev–Trinajstić information content (AvgIpc) is 2.75. The molecule has 1 amide bonds. The highest BCUT2D eigenvalue weighted by Gasteiger charge is 2.32. The van der Waals surface area contributed by atoms with E-state index >= 15 is 0 Å². The summed E-state index contributed by atoms with van der Waals surface area (Å²) in [5.74, 6) is 0. The van der Waals surface area contributed by atoms with Crippen LogP contribution in [0.5, 0.6) is 0 Å². The summed E-state index contributed by atoms with van der Waals surface area (Å²) in [6.45, 7) is 8.04. The highest BCUT2D eigenvalue weighted by atomic mass is 32.2. The highest BCUT2D eigenvalue weighted by Crippen LogP contribution is 2.39. The fraction of sp³-hybridized carbons (Fsp3) is 0.929. The first-order chi connectivity index (χ1) is 8.87. The van der Waals surface area contributed by atoms with Crippen molar-refractivity contribution in [2.24, 2.45) is 0 Å². The van der Waals surface area contributed by atoms with Crippen LogP contribution >= 0.6 is 11.8 Å². The molecule has 0 spiro atoms. The van der Waals surface area contributed by atoms with Crippen molar-refractivity contribution >= 4 is 17.9 Å². The Hall–Kier alpha value is -0.420. The summed E-state index contributed by atoms with van der Waals surface area (Å²) in [6, 6.07) is 0. The maximum absolute atomic E-state index is 11.4. The summed E-state index contributed by atoms with van der Waals surface area (Å²) in [5.41, 5.74) is -0.426. The van der Waals surface area contributed by atoms with Crippen LogP contribution < -0.4 is 10.6 Å². The minimum absolute atomic E-state index is 0.338. The molecule has 19 heavy (non-hydrogen) atoms. The quantitative estimate of drug-likeness (QED) is 0.738. The van der Waals surface area contributed by atoms with Crippen LogP contribution in [0.25, 0.3) is 0 Å².